The van der Waals surface area contributed by atoms with E-state index in [1.165, 1.54) is 0 Å². The molecule has 1 fully saturated rings. The number of quaternary nitrogens is 1. The van der Waals surface area contributed by atoms with Crippen molar-refractivity contribution in [1.29, 1.82) is 0 Å². The van der Waals surface area contributed by atoms with Crippen LogP contribution in [0.4, 0.5) is 0 Å². The quantitative estimate of drug-likeness (QED) is 0.439. The number of nitrogens with zero attached hydrogens (tertiary/aromatic N) is 1. The molecule has 4 nitrogen and oxygen atoms in total. The smallest absolute Gasteiger partial charge is 0.190 e. The van der Waals surface area contributed by atoms with Gasteiger partial charge in [-0.15, -0.1) is 0 Å². The van der Waals surface area contributed by atoms with E-state index in [1.54, 1.807) is 0 Å². The monoisotopic (exact) mass is 323 g/mol. The van der Waals surface area contributed by atoms with Crippen molar-refractivity contribution < 1.29 is 14.1 Å². The fraction of sp³-hybridized carbons (Fsp3) is 0.647. The summed E-state index contributed by atoms with van der Waals surface area (Å²) >= 11 is 0. The van der Waals surface area contributed by atoms with Crippen molar-refractivity contribution in [3.8, 4) is 5.75 Å². The summed E-state index contributed by atoms with van der Waals surface area (Å²) in [5.74, 6) is 0.956. The Morgan fingerprint density at radius 3 is 2.32 bits per heavy atom. The van der Waals surface area contributed by atoms with Gasteiger partial charge in [0.15, 0.2) is 15.5 Å². The van der Waals surface area contributed by atoms with Crippen molar-refractivity contribution in [2.75, 3.05) is 13.1 Å². The number of rotatable bonds is 7. The van der Waals surface area contributed by atoms with Crippen LogP contribution < -0.4 is 4.84 Å². The van der Waals surface area contributed by atoms with E-state index in [0.717, 1.165) is 6.04 Å². The molecule has 1 aliphatic rings. The molecule has 1 aromatic rings. The largest absolute Gasteiger partial charge is 0.589 e. The number of hydrogen-bond acceptors (Lipinski definition) is 3. The minimum Gasteiger partial charge on any atom is -0.589 e. The van der Waals surface area contributed by atoms with E-state index in [0.29, 0.717) is 24.8 Å². The van der Waals surface area contributed by atoms with Gasteiger partial charge in [-0.05, 0) is 32.0 Å². The first-order valence-corrected chi connectivity index (χ1v) is 9.74. The van der Waals surface area contributed by atoms with E-state index < -0.39 is 14.6 Å². The lowest BCUT2D eigenvalue weighted by Crippen LogP contribution is -2.68. The zero-order valence-electron chi connectivity index (χ0n) is 14.5. The van der Waals surface area contributed by atoms with Crippen LogP contribution in [0.25, 0.3) is 0 Å². The average Bonchev–Trinajstić information content (AvgIpc) is 2.43. The Bertz CT molecular complexity index is 484. The number of hydroxylamine groups is 4. The topological polar surface area (TPSA) is 41.5 Å². The third kappa shape index (κ3) is 3.54. The second-order valence-electron chi connectivity index (χ2n) is 7.36. The van der Waals surface area contributed by atoms with Crippen molar-refractivity contribution in [1.82, 2.24) is 0 Å². The van der Waals surface area contributed by atoms with Crippen LogP contribution in [0.5, 0.6) is 5.75 Å². The van der Waals surface area contributed by atoms with Crippen molar-refractivity contribution in [3.63, 3.8) is 0 Å². The van der Waals surface area contributed by atoms with Gasteiger partial charge < -0.3 is 14.5 Å². The number of benzene rings is 1. The molecule has 2 rings (SSSR count). The fourth-order valence-electron chi connectivity index (χ4n) is 2.86. The van der Waals surface area contributed by atoms with E-state index in [-0.39, 0.29) is 11.0 Å². The fourth-order valence-corrected chi connectivity index (χ4v) is 3.94. The molecule has 1 aliphatic heterocycles. The van der Waals surface area contributed by atoms with Crippen LogP contribution in [0, 0.1) is 16.5 Å². The van der Waals surface area contributed by atoms with Gasteiger partial charge in [0.1, 0.15) is 13.1 Å². The van der Waals surface area contributed by atoms with E-state index in [2.05, 4.69) is 34.6 Å². The first-order chi connectivity index (χ1) is 10.2. The Labute approximate surface area is 136 Å². The maximum Gasteiger partial charge on any atom is 0.190 e. The summed E-state index contributed by atoms with van der Waals surface area (Å²) in [7, 11) is -0.467. The SMILES string of the molecule is CC[SiH2]OC(C)(C)C(C)(C)C1C[N+]([O-])(Oc2ccccc2)C1. The van der Waals surface area contributed by atoms with Crippen molar-refractivity contribution in [2.24, 2.45) is 11.3 Å². The van der Waals surface area contributed by atoms with E-state index in [4.69, 9.17) is 9.26 Å². The van der Waals surface area contributed by atoms with Crippen LogP contribution in [0.3, 0.4) is 0 Å². The molecule has 0 atom stereocenters. The van der Waals surface area contributed by atoms with Crippen molar-refractivity contribution in [3.05, 3.63) is 35.5 Å². The zero-order chi connectivity index (χ0) is 16.4. The predicted octanol–water partition coefficient (Wildman–Crippen LogP) is 3.27. The van der Waals surface area contributed by atoms with Gasteiger partial charge in [-0.1, -0.05) is 39.0 Å². The van der Waals surface area contributed by atoms with Gasteiger partial charge in [0.2, 0.25) is 0 Å². The molecule has 1 heterocycles. The Morgan fingerprint density at radius 2 is 1.77 bits per heavy atom. The number of hydrogen-bond donors (Lipinski definition) is 0. The molecule has 1 saturated heterocycles. The molecule has 0 aliphatic carbocycles. The first kappa shape index (κ1) is 17.5. The summed E-state index contributed by atoms with van der Waals surface area (Å²) in [5.41, 5.74) is -0.237. The third-order valence-electron chi connectivity index (χ3n) is 5.25. The summed E-state index contributed by atoms with van der Waals surface area (Å²) < 4.78 is 6.18. The molecule has 0 amide bonds. The summed E-state index contributed by atoms with van der Waals surface area (Å²) in [4.78, 5) is 5.02. The predicted molar refractivity (Wildman–Crippen MR) is 91.9 cm³/mol. The normalized spacial score (nSPS) is 26.2. The van der Waals surface area contributed by atoms with Crippen LogP contribution in [0.1, 0.15) is 34.6 Å². The van der Waals surface area contributed by atoms with Crippen LogP contribution in [-0.2, 0) is 4.43 Å². The molecule has 0 unspecified atom stereocenters. The van der Waals surface area contributed by atoms with Gasteiger partial charge in [0.05, 0.1) is 11.5 Å². The highest BCUT2D eigenvalue weighted by atomic mass is 28.2. The molecule has 0 N–H and O–H groups in total. The number of para-hydroxylation sites is 1. The van der Waals surface area contributed by atoms with Crippen LogP contribution in [0.15, 0.2) is 30.3 Å². The molecule has 1 aromatic carbocycles. The minimum atomic E-state index is -0.584. The highest BCUT2D eigenvalue weighted by molar-refractivity contribution is 6.27. The first-order valence-electron chi connectivity index (χ1n) is 8.17. The molecule has 5 heteroatoms. The van der Waals surface area contributed by atoms with E-state index in [9.17, 15) is 5.21 Å². The van der Waals surface area contributed by atoms with E-state index in [1.807, 2.05) is 30.3 Å². The Morgan fingerprint density at radius 1 is 1.18 bits per heavy atom. The Hall–Kier alpha value is -0.883. The standard InChI is InChI=1S/C17H29NO3Si/c1-6-22-21-17(4,5)16(2,3)14-12-18(19,13-14)20-15-10-8-7-9-11-15/h7-11,14H,6,12-13,22H2,1-5H3. The molecule has 0 saturated carbocycles. The lowest BCUT2D eigenvalue weighted by Gasteiger charge is -2.57. The summed E-state index contributed by atoms with van der Waals surface area (Å²) in [6, 6.07) is 10.5. The maximum atomic E-state index is 12.6. The molecule has 22 heavy (non-hydrogen) atoms. The third-order valence-corrected chi connectivity index (χ3v) is 6.59. The van der Waals surface area contributed by atoms with Gasteiger partial charge in [-0.3, -0.25) is 0 Å². The van der Waals surface area contributed by atoms with Gasteiger partial charge >= 0.3 is 0 Å². The second kappa shape index (κ2) is 6.32. The Balaban J connectivity index is 1.96. The molecule has 0 radical (unpaired) electrons. The van der Waals surface area contributed by atoms with Crippen LogP contribution in [-0.4, -0.2) is 33.3 Å². The highest BCUT2D eigenvalue weighted by Gasteiger charge is 2.55. The van der Waals surface area contributed by atoms with E-state index >= 15 is 0 Å². The second-order valence-corrected chi connectivity index (χ2v) is 9.06. The molecule has 0 spiro atoms. The molecule has 124 valence electrons. The maximum absolute atomic E-state index is 12.6. The van der Waals surface area contributed by atoms with Crippen molar-refractivity contribution in [2.45, 2.75) is 46.3 Å². The molecular formula is C17H29NO3Si. The zero-order valence-corrected chi connectivity index (χ0v) is 15.9. The molecule has 0 aromatic heterocycles. The lowest BCUT2D eigenvalue weighted by atomic mass is 9.65. The van der Waals surface area contributed by atoms with Gasteiger partial charge in [-0.25, -0.2) is 0 Å². The average molecular weight is 324 g/mol. The van der Waals surface area contributed by atoms with Gasteiger partial charge in [0, 0.05) is 5.41 Å². The van der Waals surface area contributed by atoms with Gasteiger partial charge in [-0.2, -0.15) is 4.81 Å². The summed E-state index contributed by atoms with van der Waals surface area (Å²) in [6.07, 6.45) is 0. The summed E-state index contributed by atoms with van der Waals surface area (Å²) in [6.45, 7) is 11.9. The molecule has 0 bridgehead atoms. The summed E-state index contributed by atoms with van der Waals surface area (Å²) in [5, 5.41) is 12.6. The lowest BCUT2D eigenvalue weighted by molar-refractivity contribution is -1.08. The minimum absolute atomic E-state index is 0.0403. The highest BCUT2D eigenvalue weighted by Crippen LogP contribution is 2.46. The molecular weight excluding hydrogens is 294 g/mol. The Kier molecular flexibility index (Phi) is 5.02. The van der Waals surface area contributed by atoms with Crippen molar-refractivity contribution >= 4 is 9.76 Å². The van der Waals surface area contributed by atoms with Crippen LogP contribution >= 0.6 is 0 Å². The van der Waals surface area contributed by atoms with Crippen LogP contribution in [0.2, 0.25) is 6.04 Å². The van der Waals surface area contributed by atoms with Gasteiger partial charge in [0.25, 0.3) is 0 Å².